The SMILES string of the molecule is CCCC[C@](CCc1ccccc1)(NC(=O)N1CCC(OCOC)CC1)C(=O)N[C@](O)(CCCCC1CCCCC1)C(=O)N(NS(C)(=O)=O)C(C)C. The number of carbonyl (C=O) groups is 3. The van der Waals surface area contributed by atoms with Gasteiger partial charge in [-0.25, -0.2) is 13.2 Å². The molecule has 4 amide bonds. The first-order valence-corrected chi connectivity index (χ1v) is 21.2. The monoisotopic (exact) mass is 751 g/mol. The number of ether oxygens (including phenoxy) is 2. The fourth-order valence-electron chi connectivity index (χ4n) is 7.27. The number of aliphatic hydroxyl groups is 1. The highest BCUT2D eigenvalue weighted by Gasteiger charge is 2.48. The van der Waals surface area contributed by atoms with Crippen molar-refractivity contribution < 1.29 is 37.4 Å². The summed E-state index contributed by atoms with van der Waals surface area (Å²) >= 11 is 0. The molecule has 0 radical (unpaired) electrons. The van der Waals surface area contributed by atoms with Crippen LogP contribution in [0.2, 0.25) is 0 Å². The molecule has 14 heteroatoms. The van der Waals surface area contributed by atoms with Crippen molar-refractivity contribution in [1.29, 1.82) is 0 Å². The number of likely N-dealkylation sites (tertiary alicyclic amines) is 1. The number of piperidine rings is 1. The van der Waals surface area contributed by atoms with Gasteiger partial charge in [0, 0.05) is 32.7 Å². The van der Waals surface area contributed by atoms with Gasteiger partial charge in [-0.3, -0.25) is 14.6 Å². The summed E-state index contributed by atoms with van der Waals surface area (Å²) in [6.07, 6.45) is 12.4. The molecule has 1 saturated heterocycles. The molecule has 2 atom stereocenters. The van der Waals surface area contributed by atoms with Crippen molar-refractivity contribution in [2.45, 2.75) is 147 Å². The molecule has 3 rings (SSSR count). The van der Waals surface area contributed by atoms with E-state index in [-0.39, 0.29) is 32.2 Å². The van der Waals surface area contributed by atoms with Gasteiger partial charge >= 0.3 is 6.03 Å². The van der Waals surface area contributed by atoms with Crippen LogP contribution in [0.25, 0.3) is 0 Å². The number of rotatable bonds is 21. The summed E-state index contributed by atoms with van der Waals surface area (Å²) < 4.78 is 35.4. The molecule has 0 spiro atoms. The normalized spacial score (nSPS) is 18.4. The van der Waals surface area contributed by atoms with Crippen LogP contribution >= 0.6 is 0 Å². The Morgan fingerprint density at radius 3 is 2.23 bits per heavy atom. The minimum Gasteiger partial charge on any atom is -0.363 e. The number of benzene rings is 1. The number of carbonyl (C=O) groups excluding carboxylic acids is 3. The third-order valence-electron chi connectivity index (χ3n) is 10.4. The summed E-state index contributed by atoms with van der Waals surface area (Å²) in [5, 5.41) is 18.9. The lowest BCUT2D eigenvalue weighted by Gasteiger charge is -2.41. The molecule has 1 aromatic rings. The maximum atomic E-state index is 14.8. The number of unbranched alkanes of at least 4 members (excludes halogenated alkanes) is 2. The molecule has 52 heavy (non-hydrogen) atoms. The Hall–Kier alpha value is -2.78. The van der Waals surface area contributed by atoms with Gasteiger partial charge in [-0.15, -0.1) is 4.83 Å². The van der Waals surface area contributed by atoms with Gasteiger partial charge in [-0.2, -0.15) is 0 Å². The molecule has 13 nitrogen and oxygen atoms in total. The molecule has 1 aliphatic carbocycles. The molecule has 0 aromatic heterocycles. The molecule has 4 N–H and O–H groups in total. The lowest BCUT2D eigenvalue weighted by atomic mass is 9.84. The summed E-state index contributed by atoms with van der Waals surface area (Å²) in [5.41, 5.74) is -2.97. The zero-order chi connectivity index (χ0) is 38.2. The number of sulfonamides is 1. The molecule has 0 unspecified atom stereocenters. The summed E-state index contributed by atoms with van der Waals surface area (Å²) in [4.78, 5) is 46.9. The molecule has 1 aromatic carbocycles. The average Bonchev–Trinajstić information content (AvgIpc) is 3.13. The number of methoxy groups -OCH3 is 1. The van der Waals surface area contributed by atoms with Crippen LogP contribution in [-0.4, -0.2) is 97.9 Å². The first-order valence-electron chi connectivity index (χ1n) is 19.3. The fraction of sp³-hybridized carbons (Fsp3) is 0.763. The summed E-state index contributed by atoms with van der Waals surface area (Å²) in [7, 11) is -2.34. The Balaban J connectivity index is 1.94. The third kappa shape index (κ3) is 13.9. The van der Waals surface area contributed by atoms with E-state index in [2.05, 4.69) is 15.5 Å². The van der Waals surface area contributed by atoms with Gasteiger partial charge in [-0.05, 0) is 63.9 Å². The van der Waals surface area contributed by atoms with E-state index in [1.807, 2.05) is 37.3 Å². The van der Waals surface area contributed by atoms with E-state index < -0.39 is 45.2 Å². The van der Waals surface area contributed by atoms with Gasteiger partial charge in [0.2, 0.25) is 21.7 Å². The second-order valence-electron chi connectivity index (χ2n) is 15.1. The number of amides is 4. The van der Waals surface area contributed by atoms with Crippen molar-refractivity contribution in [2.75, 3.05) is 33.2 Å². The first kappa shape index (κ1) is 43.6. The zero-order valence-electron chi connectivity index (χ0n) is 32.2. The predicted molar refractivity (Wildman–Crippen MR) is 201 cm³/mol. The molecule has 2 fully saturated rings. The van der Waals surface area contributed by atoms with Gasteiger partial charge < -0.3 is 30.1 Å². The second kappa shape index (κ2) is 21.2. The van der Waals surface area contributed by atoms with Crippen molar-refractivity contribution >= 4 is 27.9 Å². The summed E-state index contributed by atoms with van der Waals surface area (Å²) in [5.74, 6) is -1.07. The van der Waals surface area contributed by atoms with Crippen molar-refractivity contribution in [2.24, 2.45) is 5.92 Å². The average molecular weight is 752 g/mol. The molecule has 296 valence electrons. The van der Waals surface area contributed by atoms with Crippen molar-refractivity contribution in [1.82, 2.24) is 25.4 Å². The van der Waals surface area contributed by atoms with Crippen LogP contribution in [0.15, 0.2) is 30.3 Å². The maximum Gasteiger partial charge on any atom is 0.318 e. The quantitative estimate of drug-likeness (QED) is 0.0775. The van der Waals surface area contributed by atoms with Crippen LogP contribution in [0, 0.1) is 5.92 Å². The zero-order valence-corrected chi connectivity index (χ0v) is 33.0. The highest BCUT2D eigenvalue weighted by Crippen LogP contribution is 2.30. The van der Waals surface area contributed by atoms with Crippen LogP contribution in [0.5, 0.6) is 0 Å². The smallest absolute Gasteiger partial charge is 0.318 e. The lowest BCUT2D eigenvalue weighted by Crippen LogP contribution is -2.69. The van der Waals surface area contributed by atoms with E-state index in [1.165, 1.54) is 19.3 Å². The fourth-order valence-corrected chi connectivity index (χ4v) is 7.92. The Morgan fingerprint density at radius 2 is 1.63 bits per heavy atom. The number of hydrazine groups is 1. The number of hydrogen-bond acceptors (Lipinski definition) is 8. The highest BCUT2D eigenvalue weighted by atomic mass is 32.2. The number of aryl methyl sites for hydroxylation is 1. The van der Waals surface area contributed by atoms with Gasteiger partial charge in [0.1, 0.15) is 12.3 Å². The van der Waals surface area contributed by atoms with Crippen LogP contribution in [0.4, 0.5) is 4.79 Å². The standard InChI is InChI=1S/C38H65N5O8S/c1-6-7-24-37(26-21-32-18-12-9-13-19-32,40-36(46)42-27-22-33(23-28-42)51-29-50-4)34(44)39-38(47,25-15-14-20-31-16-10-8-11-17-31)35(45)43(30(2)3)41-52(5,48)49/h9,12-13,18-19,30-31,33,41,47H,6-8,10-11,14-17,20-29H2,1-5H3,(H,39,44)(H,40,46)/t37-,38+/m1/s1. The number of nitrogens with one attached hydrogen (secondary N) is 3. The summed E-state index contributed by atoms with van der Waals surface area (Å²) in [6, 6.07) is 8.57. The number of nitrogens with zero attached hydrogens (tertiary/aromatic N) is 2. The van der Waals surface area contributed by atoms with E-state index >= 15 is 0 Å². The molecule has 0 bridgehead atoms. The second-order valence-corrected chi connectivity index (χ2v) is 16.8. The highest BCUT2D eigenvalue weighted by molar-refractivity contribution is 7.88. The van der Waals surface area contributed by atoms with Gasteiger partial charge in [0.05, 0.1) is 12.4 Å². The lowest BCUT2D eigenvalue weighted by molar-refractivity contribution is -0.165. The van der Waals surface area contributed by atoms with E-state index in [4.69, 9.17) is 9.47 Å². The molecule has 1 heterocycles. The Kier molecular flexibility index (Phi) is 17.8. The van der Waals surface area contributed by atoms with Crippen molar-refractivity contribution in [3.8, 4) is 0 Å². The van der Waals surface area contributed by atoms with E-state index in [9.17, 15) is 27.9 Å². The van der Waals surface area contributed by atoms with Crippen LogP contribution in [-0.2, 0) is 35.5 Å². The topological polar surface area (TPSA) is 167 Å². The number of hydrogen-bond donors (Lipinski definition) is 4. The van der Waals surface area contributed by atoms with E-state index in [0.29, 0.717) is 51.1 Å². The molecular formula is C38H65N5O8S. The maximum absolute atomic E-state index is 14.8. The Morgan fingerprint density at radius 1 is 0.962 bits per heavy atom. The Bertz CT molecular complexity index is 1350. The van der Waals surface area contributed by atoms with Gasteiger partial charge in [0.25, 0.3) is 5.91 Å². The third-order valence-corrected chi connectivity index (χ3v) is 10.9. The number of urea groups is 1. The summed E-state index contributed by atoms with van der Waals surface area (Å²) in [6.45, 7) is 6.26. The largest absolute Gasteiger partial charge is 0.363 e. The van der Waals surface area contributed by atoms with Crippen LogP contribution in [0.3, 0.4) is 0 Å². The predicted octanol–water partition coefficient (Wildman–Crippen LogP) is 4.99. The molecule has 2 aliphatic rings. The Labute approximate surface area is 312 Å². The van der Waals surface area contributed by atoms with Crippen LogP contribution in [0.1, 0.15) is 123 Å². The minimum atomic E-state index is -3.91. The molecular weight excluding hydrogens is 687 g/mol. The molecule has 1 aliphatic heterocycles. The molecule has 1 saturated carbocycles. The van der Waals surface area contributed by atoms with Crippen LogP contribution < -0.4 is 15.5 Å². The van der Waals surface area contributed by atoms with Crippen molar-refractivity contribution in [3.05, 3.63) is 35.9 Å². The minimum absolute atomic E-state index is 0.0428. The van der Waals surface area contributed by atoms with E-state index in [1.54, 1.807) is 25.9 Å². The van der Waals surface area contributed by atoms with Gasteiger partial charge in [0.15, 0.2) is 0 Å². The van der Waals surface area contributed by atoms with Gasteiger partial charge in [-0.1, -0.05) is 95.0 Å². The van der Waals surface area contributed by atoms with Crippen molar-refractivity contribution in [3.63, 3.8) is 0 Å². The first-order chi connectivity index (χ1) is 24.7. The van der Waals surface area contributed by atoms with E-state index in [0.717, 1.165) is 48.9 Å².